The van der Waals surface area contributed by atoms with Crippen LogP contribution in [0.4, 0.5) is 0 Å². The normalized spacial score (nSPS) is 13.1. The highest BCUT2D eigenvalue weighted by molar-refractivity contribution is 7.99. The van der Waals surface area contributed by atoms with E-state index in [4.69, 9.17) is 0 Å². The second-order valence-electron chi connectivity index (χ2n) is 6.15. The second-order valence-corrected chi connectivity index (χ2v) is 9.08. The zero-order chi connectivity index (χ0) is 20.0. The van der Waals surface area contributed by atoms with Crippen LogP contribution in [-0.2, 0) is 10.0 Å². The van der Waals surface area contributed by atoms with Gasteiger partial charge in [0.05, 0.1) is 4.90 Å². The first-order chi connectivity index (χ1) is 12.9. The lowest BCUT2D eigenvalue weighted by molar-refractivity contribution is 0.445. The predicted molar refractivity (Wildman–Crippen MR) is 111 cm³/mol. The summed E-state index contributed by atoms with van der Waals surface area (Å²) in [6.07, 6.45) is 2.75. The predicted octanol–water partition coefficient (Wildman–Crippen LogP) is 4.22. The van der Waals surface area contributed by atoms with Gasteiger partial charge in [0.15, 0.2) is 11.0 Å². The molecule has 6 nitrogen and oxygen atoms in total. The van der Waals surface area contributed by atoms with Gasteiger partial charge in [-0.1, -0.05) is 50.7 Å². The van der Waals surface area contributed by atoms with E-state index in [0.717, 1.165) is 22.9 Å². The molecule has 148 valence electrons. The molecule has 0 bridgehead atoms. The Balaban J connectivity index is 2.54. The molecule has 1 atom stereocenters. The van der Waals surface area contributed by atoms with Crippen molar-refractivity contribution in [2.24, 2.45) is 0 Å². The Hall–Kier alpha value is -1.64. The Morgan fingerprint density at radius 1 is 1.26 bits per heavy atom. The molecule has 0 N–H and O–H groups in total. The fourth-order valence-electron chi connectivity index (χ4n) is 2.79. The molecule has 0 aliphatic heterocycles. The lowest BCUT2D eigenvalue weighted by Crippen LogP contribution is -2.30. The van der Waals surface area contributed by atoms with Gasteiger partial charge in [-0.2, -0.15) is 4.31 Å². The van der Waals surface area contributed by atoms with Gasteiger partial charge in [-0.25, -0.2) is 8.42 Å². The number of aromatic nitrogens is 3. The minimum Gasteiger partial charge on any atom is -0.299 e. The quantitative estimate of drug-likeness (QED) is 0.435. The van der Waals surface area contributed by atoms with Gasteiger partial charge in [-0.15, -0.1) is 16.8 Å². The molecule has 0 fully saturated rings. The molecule has 1 aromatic heterocycles. The summed E-state index contributed by atoms with van der Waals surface area (Å²) in [5.74, 6) is 1.43. The van der Waals surface area contributed by atoms with Crippen LogP contribution < -0.4 is 0 Å². The van der Waals surface area contributed by atoms with Gasteiger partial charge in [-0.05, 0) is 25.5 Å². The molecule has 0 saturated heterocycles. The van der Waals surface area contributed by atoms with E-state index in [1.165, 1.54) is 4.31 Å². The van der Waals surface area contributed by atoms with Gasteiger partial charge in [-0.3, -0.25) is 4.57 Å². The monoisotopic (exact) mass is 408 g/mol. The van der Waals surface area contributed by atoms with Crippen molar-refractivity contribution in [2.45, 2.75) is 50.2 Å². The van der Waals surface area contributed by atoms with Crippen molar-refractivity contribution in [3.63, 3.8) is 0 Å². The average molecular weight is 409 g/mol. The van der Waals surface area contributed by atoms with E-state index in [1.807, 2.05) is 26.0 Å². The number of sulfonamides is 1. The standard InChI is InChI=1S/C19H28N4O2S2/c1-6-13-26-19-21-20-18(23(19)15(5)7-2)16-11-10-12-17(14-16)27(24,25)22(8-3)9-4/h6,10-12,14-15H,1,7-9,13H2,2-5H3. The summed E-state index contributed by atoms with van der Waals surface area (Å²) in [6, 6.07) is 7.17. The number of rotatable bonds is 10. The van der Waals surface area contributed by atoms with Crippen molar-refractivity contribution >= 4 is 21.8 Å². The second kappa shape index (κ2) is 9.52. The summed E-state index contributed by atoms with van der Waals surface area (Å²) in [5.41, 5.74) is 0.751. The van der Waals surface area contributed by atoms with Crippen LogP contribution >= 0.6 is 11.8 Å². The maximum absolute atomic E-state index is 12.9. The fraction of sp³-hybridized carbons (Fsp3) is 0.474. The lowest BCUT2D eigenvalue weighted by atomic mass is 10.2. The molecule has 0 aliphatic carbocycles. The summed E-state index contributed by atoms with van der Waals surface area (Å²) in [4.78, 5) is 0.280. The Labute approximate surface area is 166 Å². The Morgan fingerprint density at radius 2 is 1.96 bits per heavy atom. The van der Waals surface area contributed by atoms with Gasteiger partial charge < -0.3 is 0 Å². The van der Waals surface area contributed by atoms with Crippen LogP contribution in [0, 0.1) is 0 Å². The van der Waals surface area contributed by atoms with Crippen LogP contribution in [0.2, 0.25) is 0 Å². The molecule has 0 aliphatic rings. The SMILES string of the molecule is C=CCSc1nnc(-c2cccc(S(=O)(=O)N(CC)CC)c2)n1C(C)CC. The highest BCUT2D eigenvalue weighted by Crippen LogP contribution is 2.30. The van der Waals surface area contributed by atoms with Crippen molar-refractivity contribution in [1.82, 2.24) is 19.1 Å². The van der Waals surface area contributed by atoms with Crippen molar-refractivity contribution in [3.05, 3.63) is 36.9 Å². The Morgan fingerprint density at radius 3 is 2.56 bits per heavy atom. The summed E-state index contributed by atoms with van der Waals surface area (Å²) >= 11 is 1.57. The first-order valence-corrected chi connectivity index (χ1v) is 11.6. The van der Waals surface area contributed by atoms with Crippen LogP contribution in [0.1, 0.15) is 40.2 Å². The third kappa shape index (κ3) is 4.62. The van der Waals surface area contributed by atoms with Gasteiger partial charge in [0.1, 0.15) is 0 Å². The maximum atomic E-state index is 12.9. The first-order valence-electron chi connectivity index (χ1n) is 9.19. The molecular weight excluding hydrogens is 380 g/mol. The lowest BCUT2D eigenvalue weighted by Gasteiger charge is -2.19. The highest BCUT2D eigenvalue weighted by atomic mass is 32.2. The number of nitrogens with zero attached hydrogens (tertiary/aromatic N) is 4. The van der Waals surface area contributed by atoms with Crippen LogP contribution in [0.5, 0.6) is 0 Å². The molecule has 27 heavy (non-hydrogen) atoms. The van der Waals surface area contributed by atoms with E-state index in [2.05, 4.69) is 35.2 Å². The smallest absolute Gasteiger partial charge is 0.243 e. The molecule has 2 aromatic rings. The van der Waals surface area contributed by atoms with Crippen molar-refractivity contribution in [2.75, 3.05) is 18.8 Å². The van der Waals surface area contributed by atoms with Gasteiger partial charge in [0.2, 0.25) is 10.0 Å². The summed E-state index contributed by atoms with van der Waals surface area (Å²) in [7, 11) is -3.52. The highest BCUT2D eigenvalue weighted by Gasteiger charge is 2.24. The molecular formula is C19H28N4O2S2. The summed E-state index contributed by atoms with van der Waals surface area (Å²) < 4.78 is 29.3. The van der Waals surface area contributed by atoms with E-state index >= 15 is 0 Å². The van der Waals surface area contributed by atoms with E-state index in [1.54, 1.807) is 30.0 Å². The minimum atomic E-state index is -3.52. The van der Waals surface area contributed by atoms with Gasteiger partial charge in [0, 0.05) is 30.4 Å². The molecule has 0 radical (unpaired) electrons. The third-order valence-corrected chi connectivity index (χ3v) is 7.45. The number of hydrogen-bond acceptors (Lipinski definition) is 5. The van der Waals surface area contributed by atoms with Crippen LogP contribution in [-0.4, -0.2) is 46.3 Å². The number of thioether (sulfide) groups is 1. The van der Waals surface area contributed by atoms with Crippen molar-refractivity contribution in [1.29, 1.82) is 0 Å². The Kier molecular flexibility index (Phi) is 7.64. The van der Waals surface area contributed by atoms with E-state index in [0.29, 0.717) is 18.9 Å². The van der Waals surface area contributed by atoms with Gasteiger partial charge in [0.25, 0.3) is 0 Å². The maximum Gasteiger partial charge on any atom is 0.243 e. The zero-order valence-electron chi connectivity index (χ0n) is 16.4. The molecule has 8 heteroatoms. The molecule has 1 heterocycles. The van der Waals surface area contributed by atoms with Crippen LogP contribution in [0.25, 0.3) is 11.4 Å². The van der Waals surface area contributed by atoms with Gasteiger partial charge >= 0.3 is 0 Å². The minimum absolute atomic E-state index is 0.199. The Bertz CT molecular complexity index is 874. The largest absolute Gasteiger partial charge is 0.299 e. The molecule has 2 rings (SSSR count). The van der Waals surface area contributed by atoms with E-state index < -0.39 is 10.0 Å². The zero-order valence-corrected chi connectivity index (χ0v) is 18.1. The topological polar surface area (TPSA) is 68.1 Å². The van der Waals surface area contributed by atoms with Crippen LogP contribution in [0.15, 0.2) is 47.0 Å². The van der Waals surface area contributed by atoms with E-state index in [9.17, 15) is 8.42 Å². The first kappa shape index (κ1) is 21.7. The average Bonchev–Trinajstić information content (AvgIpc) is 3.10. The van der Waals surface area contributed by atoms with Crippen LogP contribution in [0.3, 0.4) is 0 Å². The van der Waals surface area contributed by atoms with Crippen molar-refractivity contribution < 1.29 is 8.42 Å². The summed E-state index contributed by atoms with van der Waals surface area (Å²) in [5, 5.41) is 9.51. The third-order valence-electron chi connectivity index (χ3n) is 4.46. The molecule has 0 spiro atoms. The summed E-state index contributed by atoms with van der Waals surface area (Å²) in [6.45, 7) is 12.5. The van der Waals surface area contributed by atoms with E-state index in [-0.39, 0.29) is 10.9 Å². The van der Waals surface area contributed by atoms with Crippen molar-refractivity contribution in [3.8, 4) is 11.4 Å². The number of hydrogen-bond donors (Lipinski definition) is 0. The number of benzene rings is 1. The molecule has 0 saturated carbocycles. The molecule has 1 aromatic carbocycles. The molecule has 1 unspecified atom stereocenters. The molecule has 0 amide bonds. The fourth-order valence-corrected chi connectivity index (χ4v) is 5.07.